The molecule has 0 aromatic heterocycles. The number of likely N-dealkylation sites (tertiary alicyclic amines) is 1. The number of aliphatic imine (C=N–C) groups is 1. The molecule has 1 aromatic rings. The molecule has 0 saturated carbocycles. The van der Waals surface area contributed by atoms with Crippen LogP contribution in [-0.4, -0.2) is 43.6 Å². The van der Waals surface area contributed by atoms with Crippen LogP contribution in [-0.2, 0) is 0 Å². The van der Waals surface area contributed by atoms with E-state index < -0.39 is 0 Å². The third-order valence-electron chi connectivity index (χ3n) is 4.33. The van der Waals surface area contributed by atoms with Crippen molar-refractivity contribution in [1.82, 2.24) is 4.90 Å². The normalized spacial score (nSPS) is 18.1. The number of nitrogens with zero attached hydrogens (tertiary/aromatic N) is 2. The van der Waals surface area contributed by atoms with E-state index in [-0.39, 0.29) is 24.0 Å². The van der Waals surface area contributed by atoms with E-state index in [1.165, 1.54) is 25.9 Å². The summed E-state index contributed by atoms with van der Waals surface area (Å²) in [6, 6.07) is 8.08. The van der Waals surface area contributed by atoms with Crippen molar-refractivity contribution in [3.8, 4) is 5.75 Å². The minimum absolute atomic E-state index is 0. The average molecular weight is 432 g/mol. The van der Waals surface area contributed by atoms with Gasteiger partial charge < -0.3 is 15.8 Å². The standard InChI is InChI=1S/C17H28N4O.HI/c1-13-8-10-21(11-9-13)14(2)12-19-17(18)20-15-4-6-16(22-3)7-5-15;/h4-7,13-14H,8-12H2,1-3H3,(H3,18,19,20);1H. The van der Waals surface area contributed by atoms with Crippen molar-refractivity contribution >= 4 is 35.6 Å². The molecule has 5 nitrogen and oxygen atoms in total. The fourth-order valence-corrected chi connectivity index (χ4v) is 2.68. The van der Waals surface area contributed by atoms with Gasteiger partial charge in [0, 0.05) is 11.7 Å². The predicted octanol–water partition coefficient (Wildman–Crippen LogP) is 3.16. The van der Waals surface area contributed by atoms with E-state index in [1.807, 2.05) is 24.3 Å². The number of anilines is 1. The molecule has 3 N–H and O–H groups in total. The summed E-state index contributed by atoms with van der Waals surface area (Å²) in [6.45, 7) is 7.62. The Morgan fingerprint density at radius 1 is 1.35 bits per heavy atom. The average Bonchev–Trinajstić information content (AvgIpc) is 2.54. The lowest BCUT2D eigenvalue weighted by molar-refractivity contribution is 0.150. The van der Waals surface area contributed by atoms with Crippen LogP contribution in [0.5, 0.6) is 5.75 Å². The Balaban J connectivity index is 0.00000264. The molecule has 130 valence electrons. The zero-order chi connectivity index (χ0) is 15.9. The number of hydrogen-bond acceptors (Lipinski definition) is 3. The minimum Gasteiger partial charge on any atom is -0.497 e. The van der Waals surface area contributed by atoms with Crippen LogP contribution in [0, 0.1) is 5.92 Å². The van der Waals surface area contributed by atoms with Gasteiger partial charge in [0.2, 0.25) is 0 Å². The van der Waals surface area contributed by atoms with Gasteiger partial charge in [-0.2, -0.15) is 0 Å². The molecule has 1 aliphatic heterocycles. The summed E-state index contributed by atoms with van der Waals surface area (Å²) in [4.78, 5) is 6.97. The third-order valence-corrected chi connectivity index (χ3v) is 4.33. The molecule has 1 atom stereocenters. The van der Waals surface area contributed by atoms with Gasteiger partial charge >= 0.3 is 0 Å². The van der Waals surface area contributed by atoms with Crippen molar-refractivity contribution in [1.29, 1.82) is 0 Å². The molecule has 2 rings (SSSR count). The first-order valence-corrected chi connectivity index (χ1v) is 8.03. The first-order valence-electron chi connectivity index (χ1n) is 8.03. The van der Waals surface area contributed by atoms with Crippen LogP contribution in [0.25, 0.3) is 0 Å². The Hall–Kier alpha value is -1.02. The summed E-state index contributed by atoms with van der Waals surface area (Å²) in [5.41, 5.74) is 6.88. The molecule has 0 spiro atoms. The summed E-state index contributed by atoms with van der Waals surface area (Å²) < 4.78 is 5.13. The summed E-state index contributed by atoms with van der Waals surface area (Å²) in [6.07, 6.45) is 2.57. The van der Waals surface area contributed by atoms with Crippen LogP contribution < -0.4 is 15.8 Å². The second-order valence-corrected chi connectivity index (χ2v) is 6.15. The fraction of sp³-hybridized carbons (Fsp3) is 0.588. The van der Waals surface area contributed by atoms with E-state index in [9.17, 15) is 0 Å². The zero-order valence-corrected chi connectivity index (χ0v) is 16.6. The topological polar surface area (TPSA) is 62.9 Å². The highest BCUT2D eigenvalue weighted by atomic mass is 127. The van der Waals surface area contributed by atoms with Gasteiger partial charge in [0.15, 0.2) is 5.96 Å². The van der Waals surface area contributed by atoms with Gasteiger partial charge in [-0.25, -0.2) is 0 Å². The summed E-state index contributed by atoms with van der Waals surface area (Å²) in [5, 5.41) is 3.11. The summed E-state index contributed by atoms with van der Waals surface area (Å²) in [5.74, 6) is 2.14. The maximum absolute atomic E-state index is 5.97. The lowest BCUT2D eigenvalue weighted by Gasteiger charge is -2.34. The lowest BCUT2D eigenvalue weighted by Crippen LogP contribution is -2.41. The van der Waals surface area contributed by atoms with Crippen LogP contribution in [0.3, 0.4) is 0 Å². The second kappa shape index (κ2) is 9.97. The molecule has 1 saturated heterocycles. The molecule has 0 aliphatic carbocycles. The molecule has 1 aliphatic rings. The Bertz CT molecular complexity index is 484. The molecule has 1 aromatic carbocycles. The Morgan fingerprint density at radius 2 is 1.96 bits per heavy atom. The SMILES string of the molecule is COc1ccc(NC(N)=NCC(C)N2CCC(C)CC2)cc1.I. The lowest BCUT2D eigenvalue weighted by atomic mass is 9.98. The third kappa shape index (κ3) is 6.55. The first-order chi connectivity index (χ1) is 10.6. The van der Waals surface area contributed by atoms with E-state index in [2.05, 4.69) is 29.1 Å². The highest BCUT2D eigenvalue weighted by Gasteiger charge is 2.19. The molecule has 0 radical (unpaired) electrons. The number of hydrogen-bond donors (Lipinski definition) is 2. The van der Waals surface area contributed by atoms with Gasteiger partial charge in [-0.3, -0.25) is 9.89 Å². The largest absolute Gasteiger partial charge is 0.497 e. The Labute approximate surface area is 156 Å². The zero-order valence-electron chi connectivity index (χ0n) is 14.3. The van der Waals surface area contributed by atoms with E-state index in [0.29, 0.717) is 12.0 Å². The van der Waals surface area contributed by atoms with Crippen molar-refractivity contribution in [3.05, 3.63) is 24.3 Å². The monoisotopic (exact) mass is 432 g/mol. The van der Waals surface area contributed by atoms with Gasteiger partial charge in [-0.05, 0) is 63.0 Å². The number of methoxy groups -OCH3 is 1. The molecule has 23 heavy (non-hydrogen) atoms. The van der Waals surface area contributed by atoms with Gasteiger partial charge in [-0.1, -0.05) is 6.92 Å². The minimum atomic E-state index is 0. The van der Waals surface area contributed by atoms with Crippen molar-refractivity contribution < 1.29 is 4.74 Å². The molecular formula is C17H29IN4O. The maximum Gasteiger partial charge on any atom is 0.193 e. The predicted molar refractivity (Wildman–Crippen MR) is 108 cm³/mol. The van der Waals surface area contributed by atoms with Crippen LogP contribution in [0.4, 0.5) is 5.69 Å². The van der Waals surface area contributed by atoms with Crippen molar-refractivity contribution in [2.45, 2.75) is 32.7 Å². The van der Waals surface area contributed by atoms with Crippen LogP contribution in [0.2, 0.25) is 0 Å². The smallest absolute Gasteiger partial charge is 0.193 e. The highest BCUT2D eigenvalue weighted by molar-refractivity contribution is 14.0. The summed E-state index contributed by atoms with van der Waals surface area (Å²) >= 11 is 0. The first kappa shape index (κ1) is 20.0. The number of benzene rings is 1. The van der Waals surface area contributed by atoms with E-state index >= 15 is 0 Å². The van der Waals surface area contributed by atoms with Gasteiger partial charge in [-0.15, -0.1) is 24.0 Å². The van der Waals surface area contributed by atoms with Gasteiger partial charge in [0.1, 0.15) is 5.75 Å². The van der Waals surface area contributed by atoms with Crippen LogP contribution in [0.15, 0.2) is 29.3 Å². The molecule has 0 bridgehead atoms. The highest BCUT2D eigenvalue weighted by Crippen LogP contribution is 2.18. The molecule has 1 unspecified atom stereocenters. The number of rotatable bonds is 5. The molecular weight excluding hydrogens is 403 g/mol. The van der Waals surface area contributed by atoms with Crippen molar-refractivity contribution in [2.75, 3.05) is 32.1 Å². The van der Waals surface area contributed by atoms with Crippen molar-refractivity contribution in [3.63, 3.8) is 0 Å². The fourth-order valence-electron chi connectivity index (χ4n) is 2.68. The molecule has 6 heteroatoms. The number of halogens is 1. The maximum atomic E-state index is 5.97. The molecule has 1 heterocycles. The number of nitrogens with one attached hydrogen (secondary N) is 1. The van der Waals surface area contributed by atoms with Gasteiger partial charge in [0.05, 0.1) is 13.7 Å². The van der Waals surface area contributed by atoms with Crippen LogP contribution in [0.1, 0.15) is 26.7 Å². The number of guanidine groups is 1. The second-order valence-electron chi connectivity index (χ2n) is 6.15. The molecule has 1 fully saturated rings. The Morgan fingerprint density at radius 3 is 2.52 bits per heavy atom. The quantitative estimate of drug-likeness (QED) is 0.426. The summed E-state index contributed by atoms with van der Waals surface area (Å²) in [7, 11) is 1.65. The van der Waals surface area contributed by atoms with E-state index in [1.54, 1.807) is 7.11 Å². The van der Waals surface area contributed by atoms with Crippen LogP contribution >= 0.6 is 24.0 Å². The number of ether oxygens (including phenoxy) is 1. The van der Waals surface area contributed by atoms with Crippen molar-refractivity contribution in [2.24, 2.45) is 16.6 Å². The number of nitrogens with two attached hydrogens (primary N) is 1. The number of piperidine rings is 1. The molecule has 0 amide bonds. The van der Waals surface area contributed by atoms with E-state index in [4.69, 9.17) is 10.5 Å². The van der Waals surface area contributed by atoms with E-state index in [0.717, 1.165) is 23.9 Å². The van der Waals surface area contributed by atoms with Gasteiger partial charge in [0.25, 0.3) is 0 Å². The Kier molecular flexibility index (Phi) is 8.68.